The first-order valence-electron chi connectivity index (χ1n) is 12.3. The maximum absolute atomic E-state index is 13.9. The highest BCUT2D eigenvalue weighted by Crippen LogP contribution is 2.41. The first kappa shape index (κ1) is 26.6. The molecule has 3 rings (SSSR count). The third-order valence-corrected chi connectivity index (χ3v) is 5.79. The van der Waals surface area contributed by atoms with Crippen LogP contribution >= 0.6 is 0 Å². The van der Waals surface area contributed by atoms with E-state index >= 15 is 0 Å². The fraction of sp³-hybridized carbons (Fsp3) is 0.464. The van der Waals surface area contributed by atoms with Crippen molar-refractivity contribution < 1.29 is 32.2 Å². The predicted molar refractivity (Wildman–Crippen MR) is 130 cm³/mol. The first-order valence-corrected chi connectivity index (χ1v) is 12.3. The lowest BCUT2D eigenvalue weighted by Gasteiger charge is -2.29. The second-order valence-corrected chi connectivity index (χ2v) is 8.70. The lowest BCUT2D eigenvalue weighted by atomic mass is 9.97. The number of alkyl halides is 3. The molecule has 0 radical (unpaired) electrons. The van der Waals surface area contributed by atoms with Crippen LogP contribution in [0.5, 0.6) is 11.5 Å². The molecule has 0 aromatic heterocycles. The molecule has 1 aliphatic rings. The Morgan fingerprint density at radius 3 is 2.31 bits per heavy atom. The molecule has 4 nitrogen and oxygen atoms in total. The number of hydrogen-bond donors (Lipinski definition) is 0. The van der Waals surface area contributed by atoms with Gasteiger partial charge in [-0.15, -0.1) is 0 Å². The normalized spacial score (nSPS) is 15.1. The molecule has 7 heteroatoms. The highest BCUT2D eigenvalue weighted by atomic mass is 19.4. The van der Waals surface area contributed by atoms with E-state index in [1.807, 2.05) is 37.3 Å². The van der Waals surface area contributed by atoms with E-state index < -0.39 is 23.8 Å². The van der Waals surface area contributed by atoms with E-state index in [0.29, 0.717) is 30.8 Å². The van der Waals surface area contributed by atoms with Crippen molar-refractivity contribution in [1.82, 2.24) is 0 Å². The van der Waals surface area contributed by atoms with Gasteiger partial charge in [0, 0.05) is 17.5 Å². The van der Waals surface area contributed by atoms with Gasteiger partial charge < -0.3 is 14.2 Å². The average molecular weight is 491 g/mol. The number of benzene rings is 2. The molecule has 0 saturated carbocycles. The highest BCUT2D eigenvalue weighted by molar-refractivity contribution is 5.96. The maximum atomic E-state index is 13.9. The molecule has 0 amide bonds. The van der Waals surface area contributed by atoms with Crippen LogP contribution in [0, 0.1) is 0 Å². The molecule has 0 bridgehead atoms. The molecule has 35 heavy (non-hydrogen) atoms. The Hall–Kier alpha value is -2.96. The number of carbonyl (C=O) groups excluding carboxylic acids is 1. The molecule has 2 aromatic carbocycles. The van der Waals surface area contributed by atoms with Gasteiger partial charge in [-0.2, -0.15) is 13.2 Å². The third kappa shape index (κ3) is 7.51. The summed E-state index contributed by atoms with van der Waals surface area (Å²) in [6, 6.07) is 12.9. The minimum atomic E-state index is -4.76. The van der Waals surface area contributed by atoms with Crippen LogP contribution in [-0.4, -0.2) is 31.5 Å². The summed E-state index contributed by atoms with van der Waals surface area (Å²) in [6.07, 6.45) is -0.162. The van der Waals surface area contributed by atoms with Gasteiger partial charge in [0.1, 0.15) is 11.5 Å². The van der Waals surface area contributed by atoms with E-state index in [0.717, 1.165) is 43.2 Å². The van der Waals surface area contributed by atoms with E-state index in [2.05, 4.69) is 6.92 Å². The van der Waals surface area contributed by atoms with Crippen LogP contribution in [0.1, 0.15) is 69.1 Å². The van der Waals surface area contributed by atoms with Crippen LogP contribution in [0.15, 0.2) is 48.0 Å². The van der Waals surface area contributed by atoms with E-state index in [9.17, 15) is 18.0 Å². The molecule has 0 spiro atoms. The Labute approximate surface area is 205 Å². The number of hydrogen-bond acceptors (Lipinski definition) is 4. The van der Waals surface area contributed by atoms with Gasteiger partial charge in [0.15, 0.2) is 0 Å². The van der Waals surface area contributed by atoms with Crippen molar-refractivity contribution in [3.8, 4) is 11.5 Å². The summed E-state index contributed by atoms with van der Waals surface area (Å²) in [5, 5.41) is 0. The number of carbonyl (C=O) groups is 1. The zero-order chi connectivity index (χ0) is 25.3. The zero-order valence-electron chi connectivity index (χ0n) is 20.3. The Morgan fingerprint density at radius 2 is 1.66 bits per heavy atom. The van der Waals surface area contributed by atoms with Crippen LogP contribution in [0.25, 0.3) is 6.08 Å². The molecule has 0 fully saturated rings. The minimum absolute atomic E-state index is 0.0710. The van der Waals surface area contributed by atoms with Crippen molar-refractivity contribution in [2.45, 2.75) is 71.1 Å². The average Bonchev–Trinajstić information content (AvgIpc) is 2.84. The number of halogens is 3. The summed E-state index contributed by atoms with van der Waals surface area (Å²) >= 11 is 0. The summed E-state index contributed by atoms with van der Waals surface area (Å²) in [5.41, 5.74) is 1.55. The topological polar surface area (TPSA) is 44.8 Å². The van der Waals surface area contributed by atoms with Crippen molar-refractivity contribution in [3.05, 3.63) is 64.7 Å². The van der Waals surface area contributed by atoms with Crippen LogP contribution in [-0.2, 0) is 16.0 Å². The standard InChI is InChI=1S/C28H33F3O4/c1-3-5-10-14-33-24-18-22-17-23(27(32)34-15-11-6-4-2)26(28(29,30)31)35-25(22)19-21(24)16-20-12-8-7-9-13-20/h7-9,12-13,17-19,26H,3-6,10-11,14-16H2,1-2H3. The molecule has 0 N–H and O–H groups in total. The molecule has 1 atom stereocenters. The summed E-state index contributed by atoms with van der Waals surface area (Å²) in [6.45, 7) is 4.66. The quantitative estimate of drug-likeness (QED) is 0.232. The molecule has 1 unspecified atom stereocenters. The van der Waals surface area contributed by atoms with Crippen molar-refractivity contribution in [2.75, 3.05) is 13.2 Å². The zero-order valence-corrected chi connectivity index (χ0v) is 20.3. The van der Waals surface area contributed by atoms with Gasteiger partial charge in [-0.05, 0) is 36.6 Å². The largest absolute Gasteiger partial charge is 0.493 e. The Morgan fingerprint density at radius 1 is 0.971 bits per heavy atom. The van der Waals surface area contributed by atoms with Gasteiger partial charge in [0.25, 0.3) is 0 Å². The van der Waals surface area contributed by atoms with Gasteiger partial charge in [-0.1, -0.05) is 69.9 Å². The second kappa shape index (κ2) is 12.7. The lowest BCUT2D eigenvalue weighted by molar-refractivity contribution is -0.188. The fourth-order valence-corrected chi connectivity index (χ4v) is 3.90. The van der Waals surface area contributed by atoms with Crippen LogP contribution in [0.4, 0.5) is 13.2 Å². The van der Waals surface area contributed by atoms with E-state index in [4.69, 9.17) is 14.2 Å². The van der Waals surface area contributed by atoms with Gasteiger partial charge in [0.2, 0.25) is 6.10 Å². The number of ether oxygens (including phenoxy) is 3. The van der Waals surface area contributed by atoms with E-state index in [1.165, 1.54) is 6.08 Å². The fourth-order valence-electron chi connectivity index (χ4n) is 3.90. The summed E-state index contributed by atoms with van der Waals surface area (Å²) in [4.78, 5) is 12.6. The Bertz CT molecular complexity index is 999. The summed E-state index contributed by atoms with van der Waals surface area (Å²) in [5.74, 6) is -0.362. The Kier molecular flexibility index (Phi) is 9.64. The van der Waals surface area contributed by atoms with Crippen molar-refractivity contribution >= 4 is 12.0 Å². The van der Waals surface area contributed by atoms with Crippen molar-refractivity contribution in [1.29, 1.82) is 0 Å². The smallest absolute Gasteiger partial charge is 0.430 e. The van der Waals surface area contributed by atoms with Gasteiger partial charge >= 0.3 is 12.1 Å². The number of fused-ring (bicyclic) bond motifs is 1. The third-order valence-electron chi connectivity index (χ3n) is 5.79. The van der Waals surface area contributed by atoms with Crippen molar-refractivity contribution in [2.24, 2.45) is 0 Å². The van der Waals surface area contributed by atoms with Crippen LogP contribution in [0.2, 0.25) is 0 Å². The van der Waals surface area contributed by atoms with Crippen LogP contribution < -0.4 is 9.47 Å². The summed E-state index contributed by atoms with van der Waals surface area (Å²) < 4.78 is 58.1. The van der Waals surface area contributed by atoms with E-state index in [1.54, 1.807) is 12.1 Å². The molecule has 0 aliphatic carbocycles. The van der Waals surface area contributed by atoms with Crippen LogP contribution in [0.3, 0.4) is 0 Å². The molecule has 2 aromatic rings. The Balaban J connectivity index is 1.94. The molecular weight excluding hydrogens is 457 g/mol. The van der Waals surface area contributed by atoms with E-state index in [-0.39, 0.29) is 12.4 Å². The maximum Gasteiger partial charge on any atom is 0.430 e. The molecule has 1 heterocycles. The molecule has 1 aliphatic heterocycles. The minimum Gasteiger partial charge on any atom is -0.493 e. The SMILES string of the molecule is CCCCCOC(=O)C1=Cc2cc(OCCCCC)c(Cc3ccccc3)cc2OC1C(F)(F)F. The highest BCUT2D eigenvalue weighted by Gasteiger charge is 2.49. The molecule has 0 saturated heterocycles. The van der Waals surface area contributed by atoms with Gasteiger partial charge in [-0.3, -0.25) is 0 Å². The summed E-state index contributed by atoms with van der Waals surface area (Å²) in [7, 11) is 0. The van der Waals surface area contributed by atoms with Crippen molar-refractivity contribution in [3.63, 3.8) is 0 Å². The second-order valence-electron chi connectivity index (χ2n) is 8.70. The number of unbranched alkanes of at least 4 members (excludes halogenated alkanes) is 4. The number of rotatable bonds is 12. The van der Waals surface area contributed by atoms with Gasteiger partial charge in [-0.25, -0.2) is 4.79 Å². The predicted octanol–water partition coefficient (Wildman–Crippen LogP) is 7.29. The lowest BCUT2D eigenvalue weighted by Crippen LogP contribution is -2.40. The monoisotopic (exact) mass is 490 g/mol. The molecular formula is C28H33F3O4. The van der Waals surface area contributed by atoms with Gasteiger partial charge in [0.05, 0.1) is 18.8 Å². The first-order chi connectivity index (χ1) is 16.8. The molecule has 190 valence electrons. The number of esters is 1.